The highest BCUT2D eigenvalue weighted by atomic mass is 19.4. The van der Waals surface area contributed by atoms with Crippen molar-refractivity contribution in [3.63, 3.8) is 0 Å². The Hall–Kier alpha value is -3.54. The molecule has 1 N–H and O–H groups in total. The lowest BCUT2D eigenvalue weighted by Crippen LogP contribution is -2.41. The maximum absolute atomic E-state index is 12.7. The number of nitrogens with zero attached hydrogens (tertiary/aromatic N) is 3. The van der Waals surface area contributed by atoms with Gasteiger partial charge in [0.25, 0.3) is 0 Å². The number of hydrogen-bond acceptors (Lipinski definition) is 3. The van der Waals surface area contributed by atoms with Crippen LogP contribution in [0.3, 0.4) is 0 Å². The molecule has 1 amide bonds. The molecule has 0 saturated carbocycles. The quantitative estimate of drug-likeness (QED) is 0.692. The predicted octanol–water partition coefficient (Wildman–Crippen LogP) is 3.63. The Balaban J connectivity index is 1.44. The van der Waals surface area contributed by atoms with E-state index in [2.05, 4.69) is 11.1 Å². The molecule has 0 aliphatic carbocycles. The molecular weight excluding hydrogens is 409 g/mol. The third kappa shape index (κ3) is 4.06. The number of carbonyl (C=O) groups is 1. The maximum atomic E-state index is 12.7. The molecule has 160 valence electrons. The van der Waals surface area contributed by atoms with Gasteiger partial charge in [-0.2, -0.15) is 18.4 Å². The molecule has 4 rings (SSSR count). The number of piperidine rings is 1. The summed E-state index contributed by atoms with van der Waals surface area (Å²) in [6.07, 6.45) is -3.29. The summed E-state index contributed by atoms with van der Waals surface area (Å²) in [4.78, 5) is 29.5. The Kier molecular flexibility index (Phi) is 5.31. The van der Waals surface area contributed by atoms with Crippen LogP contribution in [-0.2, 0) is 17.4 Å². The van der Waals surface area contributed by atoms with Gasteiger partial charge in [0.05, 0.1) is 28.6 Å². The number of imidazole rings is 1. The number of para-hydroxylation sites is 1. The summed E-state index contributed by atoms with van der Waals surface area (Å²) in [5.41, 5.74) is 1.08. The molecule has 0 bridgehead atoms. The molecule has 0 spiro atoms. The van der Waals surface area contributed by atoms with Crippen LogP contribution in [0.15, 0.2) is 47.3 Å². The molecule has 1 aromatic heterocycles. The molecule has 3 aromatic rings. The second-order valence-electron chi connectivity index (χ2n) is 7.60. The molecule has 0 radical (unpaired) electrons. The monoisotopic (exact) mass is 428 g/mol. The minimum atomic E-state index is -4.41. The second kappa shape index (κ2) is 7.95. The molecular formula is C22H19F3N4O2. The van der Waals surface area contributed by atoms with Crippen LogP contribution < -0.4 is 5.69 Å². The third-order valence-electron chi connectivity index (χ3n) is 5.68. The van der Waals surface area contributed by atoms with Gasteiger partial charge in [-0.15, -0.1) is 0 Å². The van der Waals surface area contributed by atoms with Crippen LogP contribution in [0.25, 0.3) is 11.0 Å². The van der Waals surface area contributed by atoms with Crippen molar-refractivity contribution < 1.29 is 18.0 Å². The van der Waals surface area contributed by atoms with E-state index in [0.717, 1.165) is 12.1 Å². The number of nitriles is 1. The Morgan fingerprint density at radius 2 is 1.81 bits per heavy atom. The maximum Gasteiger partial charge on any atom is 0.416 e. The zero-order valence-corrected chi connectivity index (χ0v) is 16.4. The standard InChI is InChI=1S/C22H19F3N4O2/c23-22(24,25)16-6-4-14(5-7-16)12-19(30)28-10-8-17(9-11-28)29-20-15(13-26)2-1-3-18(20)27-21(29)31/h1-7,17H,8-12H2,(H,27,31). The Morgan fingerprint density at radius 1 is 1.13 bits per heavy atom. The van der Waals surface area contributed by atoms with Crippen molar-refractivity contribution >= 4 is 16.9 Å². The van der Waals surface area contributed by atoms with E-state index in [-0.39, 0.29) is 24.1 Å². The number of alkyl halides is 3. The largest absolute Gasteiger partial charge is 0.416 e. The van der Waals surface area contributed by atoms with Gasteiger partial charge >= 0.3 is 11.9 Å². The van der Waals surface area contributed by atoms with E-state index in [4.69, 9.17) is 0 Å². The van der Waals surface area contributed by atoms with Gasteiger partial charge in [0.2, 0.25) is 5.91 Å². The van der Waals surface area contributed by atoms with E-state index in [1.54, 1.807) is 27.7 Å². The van der Waals surface area contributed by atoms with E-state index >= 15 is 0 Å². The van der Waals surface area contributed by atoms with Crippen LogP contribution in [0.5, 0.6) is 0 Å². The summed E-state index contributed by atoms with van der Waals surface area (Å²) in [6, 6.07) is 11.7. The summed E-state index contributed by atoms with van der Waals surface area (Å²) in [6.45, 7) is 0.857. The fourth-order valence-corrected chi connectivity index (χ4v) is 4.09. The van der Waals surface area contributed by atoms with E-state index < -0.39 is 11.7 Å². The predicted molar refractivity (Wildman–Crippen MR) is 107 cm³/mol. The highest BCUT2D eigenvalue weighted by Crippen LogP contribution is 2.30. The number of amides is 1. The van der Waals surface area contributed by atoms with Gasteiger partial charge in [-0.05, 0) is 42.7 Å². The fourth-order valence-electron chi connectivity index (χ4n) is 4.09. The molecule has 9 heteroatoms. The van der Waals surface area contributed by atoms with Crippen molar-refractivity contribution in [1.82, 2.24) is 14.5 Å². The molecule has 6 nitrogen and oxygen atoms in total. The lowest BCUT2D eigenvalue weighted by Gasteiger charge is -2.32. The van der Waals surface area contributed by atoms with Crippen LogP contribution >= 0.6 is 0 Å². The zero-order valence-electron chi connectivity index (χ0n) is 16.4. The summed E-state index contributed by atoms with van der Waals surface area (Å²) >= 11 is 0. The molecule has 31 heavy (non-hydrogen) atoms. The van der Waals surface area contributed by atoms with Crippen molar-refractivity contribution in [1.29, 1.82) is 5.26 Å². The van der Waals surface area contributed by atoms with Gasteiger partial charge in [-0.25, -0.2) is 4.79 Å². The number of nitrogens with one attached hydrogen (secondary N) is 1. The second-order valence-corrected chi connectivity index (χ2v) is 7.60. The van der Waals surface area contributed by atoms with Crippen molar-refractivity contribution in [3.8, 4) is 6.07 Å². The Morgan fingerprint density at radius 3 is 2.42 bits per heavy atom. The molecule has 0 unspecified atom stereocenters. The van der Waals surface area contributed by atoms with Crippen LogP contribution in [-0.4, -0.2) is 33.4 Å². The number of halogens is 3. The van der Waals surface area contributed by atoms with Crippen LogP contribution in [0.1, 0.15) is 35.6 Å². The molecule has 1 aliphatic rings. The molecule has 2 heterocycles. The van der Waals surface area contributed by atoms with Gasteiger partial charge in [-0.1, -0.05) is 18.2 Å². The van der Waals surface area contributed by atoms with Gasteiger partial charge in [0.1, 0.15) is 6.07 Å². The van der Waals surface area contributed by atoms with Crippen molar-refractivity contribution in [3.05, 3.63) is 69.6 Å². The molecule has 2 aromatic carbocycles. The Bertz CT molecular complexity index is 1210. The summed E-state index contributed by atoms with van der Waals surface area (Å²) in [7, 11) is 0. The lowest BCUT2D eigenvalue weighted by molar-refractivity contribution is -0.137. The summed E-state index contributed by atoms with van der Waals surface area (Å²) in [5.74, 6) is -0.165. The van der Waals surface area contributed by atoms with Crippen molar-refractivity contribution in [2.75, 3.05) is 13.1 Å². The molecule has 1 saturated heterocycles. The molecule has 1 aliphatic heterocycles. The Labute approximate surface area is 175 Å². The number of carbonyl (C=O) groups excluding carboxylic acids is 1. The van der Waals surface area contributed by atoms with E-state index in [9.17, 15) is 28.0 Å². The van der Waals surface area contributed by atoms with Gasteiger partial charge in [0.15, 0.2) is 0 Å². The first-order valence-corrected chi connectivity index (χ1v) is 9.85. The topological polar surface area (TPSA) is 81.9 Å². The number of aromatic nitrogens is 2. The van der Waals surface area contributed by atoms with Crippen LogP contribution in [0, 0.1) is 11.3 Å². The number of H-pyrrole nitrogens is 1. The van der Waals surface area contributed by atoms with Crippen LogP contribution in [0.4, 0.5) is 13.2 Å². The van der Waals surface area contributed by atoms with Gasteiger partial charge < -0.3 is 9.88 Å². The molecule has 0 atom stereocenters. The van der Waals surface area contributed by atoms with E-state index in [1.807, 2.05) is 0 Å². The first-order chi connectivity index (χ1) is 14.8. The number of hydrogen-bond donors (Lipinski definition) is 1. The number of aromatic amines is 1. The van der Waals surface area contributed by atoms with Crippen molar-refractivity contribution in [2.24, 2.45) is 0 Å². The summed E-state index contributed by atoms with van der Waals surface area (Å²) < 4.78 is 39.6. The normalized spacial score (nSPS) is 15.2. The third-order valence-corrected chi connectivity index (χ3v) is 5.68. The van der Waals surface area contributed by atoms with Gasteiger partial charge in [-0.3, -0.25) is 9.36 Å². The van der Waals surface area contributed by atoms with E-state index in [0.29, 0.717) is 48.1 Å². The lowest BCUT2D eigenvalue weighted by atomic mass is 10.0. The number of benzene rings is 2. The highest BCUT2D eigenvalue weighted by Gasteiger charge is 2.30. The fraction of sp³-hybridized carbons (Fsp3) is 0.318. The average molecular weight is 428 g/mol. The van der Waals surface area contributed by atoms with Crippen LogP contribution in [0.2, 0.25) is 0 Å². The first kappa shape index (κ1) is 20.7. The average Bonchev–Trinajstić information content (AvgIpc) is 3.09. The SMILES string of the molecule is N#Cc1cccc2[nH]c(=O)n(C3CCN(C(=O)Cc4ccc(C(F)(F)F)cc4)CC3)c12. The summed E-state index contributed by atoms with van der Waals surface area (Å²) in [5, 5.41) is 9.39. The molecule has 1 fully saturated rings. The number of rotatable bonds is 3. The minimum Gasteiger partial charge on any atom is -0.342 e. The number of likely N-dealkylation sites (tertiary alicyclic amines) is 1. The smallest absolute Gasteiger partial charge is 0.342 e. The first-order valence-electron chi connectivity index (χ1n) is 9.85. The number of fused-ring (bicyclic) bond motifs is 1. The van der Waals surface area contributed by atoms with Crippen molar-refractivity contribution in [2.45, 2.75) is 31.5 Å². The zero-order chi connectivity index (χ0) is 22.2. The van der Waals surface area contributed by atoms with E-state index in [1.165, 1.54) is 12.1 Å². The minimum absolute atomic E-state index is 0.0222. The van der Waals surface area contributed by atoms with Gasteiger partial charge in [0, 0.05) is 19.1 Å². The highest BCUT2D eigenvalue weighted by molar-refractivity contribution is 5.82.